The maximum atomic E-state index is 12.6. The van der Waals surface area contributed by atoms with Gasteiger partial charge in [0.1, 0.15) is 0 Å². The molecule has 2 aliphatic rings. The van der Waals surface area contributed by atoms with Gasteiger partial charge in [-0.05, 0) is 41.7 Å². The molecule has 148 valence electrons. The Kier molecular flexibility index (Phi) is 6.05. The molecule has 0 aliphatic carbocycles. The minimum absolute atomic E-state index is 0.122. The van der Waals surface area contributed by atoms with E-state index < -0.39 is 6.10 Å². The number of ether oxygens (including phenoxy) is 1. The third-order valence-corrected chi connectivity index (χ3v) is 5.67. The lowest BCUT2D eigenvalue weighted by Gasteiger charge is -2.28. The Morgan fingerprint density at radius 1 is 0.964 bits per heavy atom. The van der Waals surface area contributed by atoms with Crippen molar-refractivity contribution in [2.45, 2.75) is 18.9 Å². The first-order valence-electron chi connectivity index (χ1n) is 10.2. The van der Waals surface area contributed by atoms with Crippen molar-refractivity contribution in [1.29, 1.82) is 0 Å². The third kappa shape index (κ3) is 4.43. The van der Waals surface area contributed by atoms with E-state index in [9.17, 15) is 9.90 Å². The lowest BCUT2D eigenvalue weighted by molar-refractivity contribution is 0.0143. The second-order valence-electron chi connectivity index (χ2n) is 7.63. The molecular formula is C23H28N2O3. The van der Waals surface area contributed by atoms with Crippen LogP contribution in [0, 0.1) is 0 Å². The van der Waals surface area contributed by atoms with Gasteiger partial charge < -0.3 is 14.7 Å². The average molecular weight is 380 g/mol. The molecule has 28 heavy (non-hydrogen) atoms. The number of β-amino-alcohol motifs (C(OH)–C–C–N with tert-alkyl or cyclic N) is 1. The second-order valence-corrected chi connectivity index (χ2v) is 7.63. The van der Waals surface area contributed by atoms with Gasteiger partial charge in [0.2, 0.25) is 0 Å². The maximum Gasteiger partial charge on any atom is 0.253 e. The van der Waals surface area contributed by atoms with Crippen LogP contribution in [0.1, 0.15) is 34.9 Å². The number of hydrogen-bond acceptors (Lipinski definition) is 4. The summed E-state index contributed by atoms with van der Waals surface area (Å²) >= 11 is 0. The van der Waals surface area contributed by atoms with E-state index >= 15 is 0 Å². The van der Waals surface area contributed by atoms with Crippen LogP contribution < -0.4 is 0 Å². The van der Waals surface area contributed by atoms with E-state index in [1.165, 1.54) is 0 Å². The van der Waals surface area contributed by atoms with Gasteiger partial charge in [-0.1, -0.05) is 36.4 Å². The van der Waals surface area contributed by atoms with Crippen LogP contribution in [-0.4, -0.2) is 66.8 Å². The standard InChI is InChI=1S/C23H28N2O3/c26-22(17-24-12-14-28-15-13-24)19-8-6-18(7-9-19)20-4-3-5-21(16-20)23(27)25-10-1-2-11-25/h3-9,16,22,26H,1-2,10-15,17H2/t22-/m1/s1. The average Bonchev–Trinajstić information content (AvgIpc) is 3.29. The molecule has 5 heteroatoms. The fourth-order valence-electron chi connectivity index (χ4n) is 3.97. The number of benzene rings is 2. The summed E-state index contributed by atoms with van der Waals surface area (Å²) in [6, 6.07) is 15.9. The summed E-state index contributed by atoms with van der Waals surface area (Å²) in [5.74, 6) is 0.122. The summed E-state index contributed by atoms with van der Waals surface area (Å²) in [6.45, 7) is 5.55. The zero-order valence-corrected chi connectivity index (χ0v) is 16.2. The smallest absolute Gasteiger partial charge is 0.253 e. The molecule has 0 bridgehead atoms. The van der Waals surface area contributed by atoms with E-state index in [1.54, 1.807) is 0 Å². The minimum Gasteiger partial charge on any atom is -0.387 e. The summed E-state index contributed by atoms with van der Waals surface area (Å²) in [5, 5.41) is 10.5. The van der Waals surface area contributed by atoms with Gasteiger partial charge in [0.25, 0.3) is 5.91 Å². The molecule has 2 aromatic carbocycles. The molecule has 4 rings (SSSR count). The van der Waals surface area contributed by atoms with Crippen molar-refractivity contribution in [3.63, 3.8) is 0 Å². The van der Waals surface area contributed by atoms with Crippen LogP contribution >= 0.6 is 0 Å². The number of amides is 1. The Morgan fingerprint density at radius 2 is 1.68 bits per heavy atom. The number of carbonyl (C=O) groups excluding carboxylic acids is 1. The lowest BCUT2D eigenvalue weighted by Crippen LogP contribution is -2.38. The first-order chi connectivity index (χ1) is 13.7. The number of likely N-dealkylation sites (tertiary alicyclic amines) is 1. The summed E-state index contributed by atoms with van der Waals surface area (Å²) in [4.78, 5) is 16.8. The van der Waals surface area contributed by atoms with E-state index in [4.69, 9.17) is 4.74 Å². The monoisotopic (exact) mass is 380 g/mol. The van der Waals surface area contributed by atoms with Crippen LogP contribution in [0.15, 0.2) is 48.5 Å². The number of carbonyl (C=O) groups is 1. The topological polar surface area (TPSA) is 53.0 Å². The van der Waals surface area contributed by atoms with E-state index in [2.05, 4.69) is 4.90 Å². The summed E-state index contributed by atoms with van der Waals surface area (Å²) in [5.41, 5.74) is 3.74. The highest BCUT2D eigenvalue weighted by Crippen LogP contribution is 2.24. The molecule has 0 unspecified atom stereocenters. The minimum atomic E-state index is -0.504. The highest BCUT2D eigenvalue weighted by molar-refractivity contribution is 5.95. The zero-order chi connectivity index (χ0) is 19.3. The molecule has 2 aromatic rings. The summed E-state index contributed by atoms with van der Waals surface area (Å²) in [6.07, 6.45) is 1.69. The van der Waals surface area contributed by atoms with E-state index in [0.29, 0.717) is 6.54 Å². The Labute approximate surface area is 166 Å². The van der Waals surface area contributed by atoms with Gasteiger partial charge in [0.05, 0.1) is 19.3 Å². The van der Waals surface area contributed by atoms with Crippen LogP contribution in [0.4, 0.5) is 0 Å². The Hall–Kier alpha value is -2.21. The normalized spacial score (nSPS) is 19.0. The fraction of sp³-hybridized carbons (Fsp3) is 0.435. The highest BCUT2D eigenvalue weighted by atomic mass is 16.5. The van der Waals surface area contributed by atoms with Gasteiger partial charge in [0.15, 0.2) is 0 Å². The first kappa shape index (κ1) is 19.1. The Morgan fingerprint density at radius 3 is 2.39 bits per heavy atom. The molecule has 0 spiro atoms. The molecule has 1 N–H and O–H groups in total. The molecular weight excluding hydrogens is 352 g/mol. The van der Waals surface area contributed by atoms with Crippen molar-refractivity contribution < 1.29 is 14.6 Å². The second kappa shape index (κ2) is 8.86. The van der Waals surface area contributed by atoms with E-state index in [-0.39, 0.29) is 5.91 Å². The molecule has 2 fully saturated rings. The zero-order valence-electron chi connectivity index (χ0n) is 16.2. The number of hydrogen-bond donors (Lipinski definition) is 1. The predicted molar refractivity (Wildman–Crippen MR) is 109 cm³/mol. The van der Waals surface area contributed by atoms with Gasteiger partial charge >= 0.3 is 0 Å². The van der Waals surface area contributed by atoms with Gasteiger partial charge in [-0.25, -0.2) is 0 Å². The molecule has 0 radical (unpaired) electrons. The summed E-state index contributed by atoms with van der Waals surface area (Å²) in [7, 11) is 0. The fourth-order valence-corrected chi connectivity index (χ4v) is 3.97. The molecule has 5 nitrogen and oxygen atoms in total. The van der Waals surface area contributed by atoms with Gasteiger partial charge in [-0.2, -0.15) is 0 Å². The number of rotatable bonds is 5. The number of nitrogens with zero attached hydrogens (tertiary/aromatic N) is 2. The predicted octanol–water partition coefficient (Wildman–Crippen LogP) is 2.96. The van der Waals surface area contributed by atoms with Gasteiger partial charge in [0, 0.05) is 38.3 Å². The van der Waals surface area contributed by atoms with E-state index in [1.807, 2.05) is 53.4 Å². The van der Waals surface area contributed by atoms with Crippen molar-refractivity contribution in [3.05, 3.63) is 59.7 Å². The van der Waals surface area contributed by atoms with Crippen molar-refractivity contribution in [2.24, 2.45) is 0 Å². The SMILES string of the molecule is O=C(c1cccc(-c2ccc([C@H](O)CN3CCOCC3)cc2)c1)N1CCCC1. The largest absolute Gasteiger partial charge is 0.387 e. The first-order valence-corrected chi connectivity index (χ1v) is 10.2. The van der Waals surface area contributed by atoms with Crippen molar-refractivity contribution >= 4 is 5.91 Å². The molecule has 2 aliphatic heterocycles. The highest BCUT2D eigenvalue weighted by Gasteiger charge is 2.20. The van der Waals surface area contributed by atoms with Crippen LogP contribution in [-0.2, 0) is 4.74 Å². The third-order valence-electron chi connectivity index (χ3n) is 5.67. The molecule has 0 aromatic heterocycles. The van der Waals surface area contributed by atoms with Crippen molar-refractivity contribution in [2.75, 3.05) is 45.9 Å². The van der Waals surface area contributed by atoms with Crippen molar-refractivity contribution in [1.82, 2.24) is 9.80 Å². The number of aliphatic hydroxyl groups excluding tert-OH is 1. The lowest BCUT2D eigenvalue weighted by atomic mass is 9.99. The number of morpholine rings is 1. The van der Waals surface area contributed by atoms with Gasteiger partial charge in [-0.3, -0.25) is 9.69 Å². The molecule has 2 saturated heterocycles. The molecule has 1 atom stereocenters. The van der Waals surface area contributed by atoms with Crippen LogP contribution in [0.25, 0.3) is 11.1 Å². The van der Waals surface area contributed by atoms with Crippen LogP contribution in [0.2, 0.25) is 0 Å². The van der Waals surface area contributed by atoms with Gasteiger partial charge in [-0.15, -0.1) is 0 Å². The van der Waals surface area contributed by atoms with Crippen molar-refractivity contribution in [3.8, 4) is 11.1 Å². The molecule has 2 heterocycles. The molecule has 0 saturated carbocycles. The molecule has 1 amide bonds. The summed E-state index contributed by atoms with van der Waals surface area (Å²) < 4.78 is 5.36. The van der Waals surface area contributed by atoms with Crippen LogP contribution in [0.5, 0.6) is 0 Å². The quantitative estimate of drug-likeness (QED) is 0.867. The maximum absolute atomic E-state index is 12.6. The Balaban J connectivity index is 1.44. The number of aliphatic hydroxyl groups is 1. The van der Waals surface area contributed by atoms with Crippen LogP contribution in [0.3, 0.4) is 0 Å². The van der Waals surface area contributed by atoms with E-state index in [0.717, 1.165) is 74.5 Å². The Bertz CT molecular complexity index is 794.